The minimum absolute atomic E-state index is 0.0184. The van der Waals surface area contributed by atoms with Crippen LogP contribution in [-0.2, 0) is 4.79 Å². The van der Waals surface area contributed by atoms with E-state index < -0.39 is 18.0 Å². The summed E-state index contributed by atoms with van der Waals surface area (Å²) in [5.74, 6) is -0.430. The molecule has 0 saturated carbocycles. The molecule has 3 amide bonds. The van der Waals surface area contributed by atoms with Crippen molar-refractivity contribution in [3.63, 3.8) is 0 Å². The van der Waals surface area contributed by atoms with Crippen molar-refractivity contribution in [1.29, 1.82) is 0 Å². The van der Waals surface area contributed by atoms with E-state index in [0.29, 0.717) is 0 Å². The predicted molar refractivity (Wildman–Crippen MR) is 65.2 cm³/mol. The van der Waals surface area contributed by atoms with Crippen LogP contribution in [0, 0.1) is 0 Å². The van der Waals surface area contributed by atoms with Gasteiger partial charge in [-0.25, -0.2) is 4.79 Å². The van der Waals surface area contributed by atoms with E-state index >= 15 is 0 Å². The molecule has 5 nitrogen and oxygen atoms in total. The van der Waals surface area contributed by atoms with Crippen LogP contribution in [0.15, 0.2) is 30.3 Å². The highest BCUT2D eigenvalue weighted by atomic mass is 16.2. The topological polar surface area (TPSA) is 84.2 Å². The van der Waals surface area contributed by atoms with Crippen molar-refractivity contribution in [2.75, 3.05) is 0 Å². The van der Waals surface area contributed by atoms with Gasteiger partial charge in [0.1, 0.15) is 0 Å². The Kier molecular flexibility index (Phi) is 4.66. The summed E-state index contributed by atoms with van der Waals surface area (Å²) in [4.78, 5) is 22.0. The van der Waals surface area contributed by atoms with Crippen molar-refractivity contribution < 1.29 is 9.59 Å². The number of carbonyl (C=O) groups excluding carboxylic acids is 2. The fraction of sp³-hybridized carbons (Fsp3) is 0.333. The SMILES string of the molecule is C[C@H](N[C@@H](C)c1ccccc1)C(=O)NC(N)=O. The maximum Gasteiger partial charge on any atom is 0.318 e. The molecule has 0 heterocycles. The van der Waals surface area contributed by atoms with E-state index in [0.717, 1.165) is 5.56 Å². The van der Waals surface area contributed by atoms with Crippen LogP contribution in [0.5, 0.6) is 0 Å². The van der Waals surface area contributed by atoms with Crippen molar-refractivity contribution in [2.45, 2.75) is 25.9 Å². The summed E-state index contributed by atoms with van der Waals surface area (Å²) in [6.45, 7) is 3.63. The van der Waals surface area contributed by atoms with E-state index in [-0.39, 0.29) is 6.04 Å². The minimum Gasteiger partial charge on any atom is -0.351 e. The van der Waals surface area contributed by atoms with Crippen LogP contribution in [0.2, 0.25) is 0 Å². The molecule has 5 heteroatoms. The zero-order valence-electron chi connectivity index (χ0n) is 9.94. The van der Waals surface area contributed by atoms with E-state index in [1.165, 1.54) is 0 Å². The highest BCUT2D eigenvalue weighted by Gasteiger charge is 2.16. The van der Waals surface area contributed by atoms with Gasteiger partial charge in [0.05, 0.1) is 6.04 Å². The first-order chi connectivity index (χ1) is 8.00. The predicted octanol–water partition coefficient (Wildman–Crippen LogP) is 0.921. The van der Waals surface area contributed by atoms with Crippen LogP contribution in [-0.4, -0.2) is 18.0 Å². The number of primary amides is 1. The van der Waals surface area contributed by atoms with Crippen LogP contribution >= 0.6 is 0 Å². The van der Waals surface area contributed by atoms with E-state index in [1.54, 1.807) is 6.92 Å². The van der Waals surface area contributed by atoms with Gasteiger partial charge < -0.3 is 5.73 Å². The second-order valence-electron chi connectivity index (χ2n) is 3.87. The summed E-state index contributed by atoms with van der Waals surface area (Å²) in [5.41, 5.74) is 5.95. The zero-order valence-corrected chi connectivity index (χ0v) is 9.94. The molecule has 0 spiro atoms. The molecule has 17 heavy (non-hydrogen) atoms. The van der Waals surface area contributed by atoms with E-state index in [1.807, 2.05) is 42.6 Å². The number of amides is 3. The molecule has 1 aromatic rings. The molecule has 0 aromatic heterocycles. The molecule has 4 N–H and O–H groups in total. The smallest absolute Gasteiger partial charge is 0.318 e. The molecule has 0 bridgehead atoms. The Morgan fingerprint density at radius 2 is 1.76 bits per heavy atom. The molecular weight excluding hydrogens is 218 g/mol. The van der Waals surface area contributed by atoms with Crippen LogP contribution in [0.3, 0.4) is 0 Å². The Labute approximate surface area is 100 Å². The number of carbonyl (C=O) groups is 2. The van der Waals surface area contributed by atoms with E-state index in [2.05, 4.69) is 5.32 Å². The lowest BCUT2D eigenvalue weighted by molar-refractivity contribution is -0.121. The van der Waals surface area contributed by atoms with Gasteiger partial charge >= 0.3 is 6.03 Å². The average Bonchev–Trinajstić information content (AvgIpc) is 2.29. The molecule has 92 valence electrons. The monoisotopic (exact) mass is 235 g/mol. The number of hydrogen-bond acceptors (Lipinski definition) is 3. The highest BCUT2D eigenvalue weighted by molar-refractivity contribution is 5.96. The Bertz CT molecular complexity index is 392. The maximum absolute atomic E-state index is 11.4. The van der Waals surface area contributed by atoms with Crippen molar-refractivity contribution in [3.8, 4) is 0 Å². The lowest BCUT2D eigenvalue weighted by Crippen LogP contribution is -2.47. The van der Waals surface area contributed by atoms with Gasteiger partial charge in [-0.15, -0.1) is 0 Å². The van der Waals surface area contributed by atoms with Crippen LogP contribution in [0.4, 0.5) is 4.79 Å². The summed E-state index contributed by atoms with van der Waals surface area (Å²) in [6.07, 6.45) is 0. The third-order valence-corrected chi connectivity index (χ3v) is 2.44. The number of imide groups is 1. The lowest BCUT2D eigenvalue weighted by Gasteiger charge is -2.19. The molecule has 0 aliphatic rings. The molecule has 0 radical (unpaired) electrons. The van der Waals surface area contributed by atoms with Gasteiger partial charge in [-0.1, -0.05) is 30.3 Å². The summed E-state index contributed by atoms with van der Waals surface area (Å²) < 4.78 is 0. The Hall–Kier alpha value is -1.88. The van der Waals surface area contributed by atoms with Gasteiger partial charge in [-0.3, -0.25) is 15.4 Å². The van der Waals surface area contributed by atoms with Gasteiger partial charge in [0.15, 0.2) is 0 Å². The second kappa shape index (κ2) is 6.00. The third kappa shape index (κ3) is 4.24. The van der Waals surface area contributed by atoms with Gasteiger partial charge in [-0.2, -0.15) is 0 Å². The number of nitrogens with one attached hydrogen (secondary N) is 2. The first-order valence-electron chi connectivity index (χ1n) is 5.42. The van der Waals surface area contributed by atoms with Crippen molar-refractivity contribution in [3.05, 3.63) is 35.9 Å². The van der Waals surface area contributed by atoms with Crippen LogP contribution in [0.1, 0.15) is 25.5 Å². The number of rotatable bonds is 4. The van der Waals surface area contributed by atoms with Gasteiger partial charge in [0, 0.05) is 6.04 Å². The van der Waals surface area contributed by atoms with Crippen molar-refractivity contribution >= 4 is 11.9 Å². The average molecular weight is 235 g/mol. The number of benzene rings is 1. The third-order valence-electron chi connectivity index (χ3n) is 2.44. The molecule has 0 saturated heterocycles. The summed E-state index contributed by atoms with van der Waals surface area (Å²) in [6, 6.07) is 8.42. The molecule has 0 unspecified atom stereocenters. The number of nitrogens with two attached hydrogens (primary N) is 1. The molecule has 0 aliphatic carbocycles. The quantitative estimate of drug-likeness (QED) is 0.725. The molecule has 1 rings (SSSR count). The molecule has 0 aliphatic heterocycles. The van der Waals surface area contributed by atoms with Crippen LogP contribution < -0.4 is 16.4 Å². The Morgan fingerprint density at radius 1 is 1.18 bits per heavy atom. The van der Waals surface area contributed by atoms with Gasteiger partial charge in [0.2, 0.25) is 5.91 Å². The second-order valence-corrected chi connectivity index (χ2v) is 3.87. The summed E-state index contributed by atoms with van der Waals surface area (Å²) >= 11 is 0. The zero-order chi connectivity index (χ0) is 12.8. The first kappa shape index (κ1) is 13.2. The van der Waals surface area contributed by atoms with Crippen molar-refractivity contribution in [2.24, 2.45) is 5.73 Å². The molecular formula is C12H17N3O2. The lowest BCUT2D eigenvalue weighted by atomic mass is 10.1. The fourth-order valence-electron chi connectivity index (χ4n) is 1.52. The molecule has 0 fully saturated rings. The molecule has 2 atom stereocenters. The minimum atomic E-state index is -0.837. The van der Waals surface area contributed by atoms with Crippen molar-refractivity contribution in [1.82, 2.24) is 10.6 Å². The van der Waals surface area contributed by atoms with E-state index in [4.69, 9.17) is 5.73 Å². The molecule has 1 aromatic carbocycles. The van der Waals surface area contributed by atoms with E-state index in [9.17, 15) is 9.59 Å². The van der Waals surface area contributed by atoms with Gasteiger partial charge in [-0.05, 0) is 19.4 Å². The standard InChI is InChI=1S/C12H17N3O2/c1-8(10-6-4-3-5-7-10)14-9(2)11(16)15-12(13)17/h3-9,14H,1-2H3,(H3,13,15,16,17)/t8-,9-/m0/s1. The summed E-state index contributed by atoms with van der Waals surface area (Å²) in [5, 5.41) is 5.12. The maximum atomic E-state index is 11.4. The fourth-order valence-corrected chi connectivity index (χ4v) is 1.52. The Balaban J connectivity index is 2.54. The normalized spacial score (nSPS) is 13.8. The van der Waals surface area contributed by atoms with Gasteiger partial charge in [0.25, 0.3) is 0 Å². The number of urea groups is 1. The largest absolute Gasteiger partial charge is 0.351 e. The first-order valence-corrected chi connectivity index (χ1v) is 5.42. The number of hydrogen-bond donors (Lipinski definition) is 3. The highest BCUT2D eigenvalue weighted by Crippen LogP contribution is 2.11. The van der Waals surface area contributed by atoms with Crippen LogP contribution in [0.25, 0.3) is 0 Å². The summed E-state index contributed by atoms with van der Waals surface area (Å²) in [7, 11) is 0. The Morgan fingerprint density at radius 3 is 2.29 bits per heavy atom.